The highest BCUT2D eigenvalue weighted by molar-refractivity contribution is 6.07. The number of hydrogen-bond acceptors (Lipinski definition) is 4. The minimum absolute atomic E-state index is 0.0413. The summed E-state index contributed by atoms with van der Waals surface area (Å²) >= 11 is 0. The van der Waals surface area contributed by atoms with E-state index in [1.54, 1.807) is 9.58 Å². The third-order valence-corrected chi connectivity index (χ3v) is 5.27. The molecule has 0 bridgehead atoms. The lowest BCUT2D eigenvalue weighted by atomic mass is 10.0. The Morgan fingerprint density at radius 2 is 1.74 bits per heavy atom. The fourth-order valence-electron chi connectivity index (χ4n) is 3.69. The molecule has 4 rings (SSSR count). The van der Waals surface area contributed by atoms with E-state index in [0.29, 0.717) is 24.4 Å². The molecule has 1 amide bonds. The van der Waals surface area contributed by atoms with Crippen molar-refractivity contribution in [3.63, 3.8) is 0 Å². The quantitative estimate of drug-likeness (QED) is 0.418. The smallest absolute Gasteiger partial charge is 0.254 e. The van der Waals surface area contributed by atoms with Crippen molar-refractivity contribution in [3.8, 4) is 17.0 Å². The van der Waals surface area contributed by atoms with Gasteiger partial charge in [0.05, 0.1) is 28.9 Å². The summed E-state index contributed by atoms with van der Waals surface area (Å²) in [5.74, 6) is 0.797. The van der Waals surface area contributed by atoms with Gasteiger partial charge in [-0.1, -0.05) is 48.5 Å². The zero-order valence-corrected chi connectivity index (χ0v) is 18.1. The monoisotopic (exact) mass is 414 g/mol. The standard InChI is InChI=1S/C25H26N4O2/c1-18-23-21(25(30)28(2)15-10-16-31-20-13-8-5-9-14-20)17-22(19-11-6-4-7-12-19)26-24(23)29(3)27-18/h4-9,11-14,17H,10,15-16H2,1-3H3. The van der Waals surface area contributed by atoms with Crippen molar-refractivity contribution < 1.29 is 9.53 Å². The van der Waals surface area contributed by atoms with Gasteiger partial charge in [-0.25, -0.2) is 4.98 Å². The molecule has 0 saturated carbocycles. The SMILES string of the molecule is Cc1nn(C)c2nc(-c3ccccc3)cc(C(=O)N(C)CCCOc3ccccc3)c12. The minimum atomic E-state index is -0.0413. The number of para-hydroxylation sites is 1. The molecule has 0 N–H and O–H groups in total. The highest BCUT2D eigenvalue weighted by atomic mass is 16.5. The van der Waals surface area contributed by atoms with Crippen molar-refractivity contribution in [1.29, 1.82) is 0 Å². The second-order valence-corrected chi connectivity index (χ2v) is 7.57. The van der Waals surface area contributed by atoms with Crippen molar-refractivity contribution in [2.24, 2.45) is 7.05 Å². The first-order valence-corrected chi connectivity index (χ1v) is 10.4. The summed E-state index contributed by atoms with van der Waals surface area (Å²) in [5.41, 5.74) is 3.87. The molecule has 4 aromatic rings. The molecule has 2 aromatic heterocycles. The molecule has 2 heterocycles. The van der Waals surface area contributed by atoms with E-state index in [1.165, 1.54) is 0 Å². The molecule has 6 heteroatoms. The van der Waals surface area contributed by atoms with E-state index >= 15 is 0 Å². The van der Waals surface area contributed by atoms with E-state index in [2.05, 4.69) is 5.10 Å². The van der Waals surface area contributed by atoms with Gasteiger partial charge in [-0.05, 0) is 31.5 Å². The van der Waals surface area contributed by atoms with E-state index in [1.807, 2.05) is 87.7 Å². The number of fused-ring (bicyclic) bond motifs is 1. The summed E-state index contributed by atoms with van der Waals surface area (Å²) in [6, 6.07) is 21.5. The lowest BCUT2D eigenvalue weighted by molar-refractivity contribution is 0.0789. The predicted molar refractivity (Wildman–Crippen MR) is 122 cm³/mol. The van der Waals surface area contributed by atoms with Gasteiger partial charge >= 0.3 is 0 Å². The van der Waals surface area contributed by atoms with Crippen LogP contribution in [0.15, 0.2) is 66.7 Å². The fourth-order valence-corrected chi connectivity index (χ4v) is 3.69. The molecule has 2 aromatic carbocycles. The molecule has 0 aliphatic heterocycles. The van der Waals surface area contributed by atoms with Crippen LogP contribution in [0, 0.1) is 6.92 Å². The van der Waals surface area contributed by atoms with Crippen LogP contribution in [-0.4, -0.2) is 45.8 Å². The molecule has 31 heavy (non-hydrogen) atoms. The van der Waals surface area contributed by atoms with Crippen LogP contribution in [0.2, 0.25) is 0 Å². The van der Waals surface area contributed by atoms with Gasteiger partial charge in [0.2, 0.25) is 0 Å². The summed E-state index contributed by atoms with van der Waals surface area (Å²) < 4.78 is 7.49. The number of rotatable bonds is 7. The molecular formula is C25H26N4O2. The highest BCUT2D eigenvalue weighted by Crippen LogP contribution is 2.27. The van der Waals surface area contributed by atoms with Gasteiger partial charge in [0.1, 0.15) is 5.75 Å². The average molecular weight is 415 g/mol. The lowest BCUT2D eigenvalue weighted by Crippen LogP contribution is -2.29. The van der Waals surface area contributed by atoms with Crippen LogP contribution in [0.1, 0.15) is 22.5 Å². The second kappa shape index (κ2) is 9.00. The maximum Gasteiger partial charge on any atom is 0.254 e. The number of carbonyl (C=O) groups is 1. The van der Waals surface area contributed by atoms with Gasteiger partial charge in [-0.3, -0.25) is 9.48 Å². The number of amides is 1. The third kappa shape index (κ3) is 4.43. The van der Waals surface area contributed by atoms with Crippen molar-refractivity contribution in [1.82, 2.24) is 19.7 Å². The molecular weight excluding hydrogens is 388 g/mol. The first-order valence-electron chi connectivity index (χ1n) is 10.4. The molecule has 0 unspecified atom stereocenters. The van der Waals surface area contributed by atoms with Crippen LogP contribution in [-0.2, 0) is 7.05 Å². The first-order chi connectivity index (χ1) is 15.0. The van der Waals surface area contributed by atoms with Crippen molar-refractivity contribution in [2.45, 2.75) is 13.3 Å². The van der Waals surface area contributed by atoms with E-state index in [0.717, 1.165) is 34.5 Å². The van der Waals surface area contributed by atoms with Crippen LogP contribution in [0.5, 0.6) is 5.75 Å². The summed E-state index contributed by atoms with van der Waals surface area (Å²) in [4.78, 5) is 19.9. The molecule has 0 radical (unpaired) electrons. The van der Waals surface area contributed by atoms with Crippen LogP contribution in [0.25, 0.3) is 22.3 Å². The molecule has 158 valence electrons. The maximum absolute atomic E-state index is 13.4. The van der Waals surface area contributed by atoms with Gasteiger partial charge in [0, 0.05) is 26.2 Å². The Kier molecular flexibility index (Phi) is 5.98. The third-order valence-electron chi connectivity index (χ3n) is 5.27. The lowest BCUT2D eigenvalue weighted by Gasteiger charge is -2.18. The van der Waals surface area contributed by atoms with Crippen LogP contribution in [0.4, 0.5) is 0 Å². The number of hydrogen-bond donors (Lipinski definition) is 0. The summed E-state index contributed by atoms with van der Waals surface area (Å²) in [7, 11) is 3.68. The molecule has 0 fully saturated rings. The average Bonchev–Trinajstić information content (AvgIpc) is 3.10. The number of nitrogens with zero attached hydrogens (tertiary/aromatic N) is 4. The number of carbonyl (C=O) groups excluding carboxylic acids is 1. The number of pyridine rings is 1. The number of benzene rings is 2. The normalized spacial score (nSPS) is 10.9. The zero-order valence-electron chi connectivity index (χ0n) is 18.1. The van der Waals surface area contributed by atoms with Gasteiger partial charge in [-0.2, -0.15) is 5.10 Å². The molecule has 6 nitrogen and oxygen atoms in total. The van der Waals surface area contributed by atoms with Crippen molar-refractivity contribution >= 4 is 16.9 Å². The molecule has 0 aliphatic rings. The van der Waals surface area contributed by atoms with Gasteiger partial charge < -0.3 is 9.64 Å². The van der Waals surface area contributed by atoms with Crippen molar-refractivity contribution in [3.05, 3.63) is 78.0 Å². The summed E-state index contributed by atoms with van der Waals surface area (Å²) in [5, 5.41) is 5.30. The Balaban J connectivity index is 1.56. The topological polar surface area (TPSA) is 60.2 Å². The Bertz CT molecular complexity index is 1190. The van der Waals surface area contributed by atoms with Crippen molar-refractivity contribution in [2.75, 3.05) is 20.2 Å². The van der Waals surface area contributed by atoms with E-state index in [9.17, 15) is 4.79 Å². The van der Waals surface area contributed by atoms with E-state index < -0.39 is 0 Å². The fraction of sp³-hybridized carbons (Fsp3) is 0.240. The first kappa shape index (κ1) is 20.6. The van der Waals surface area contributed by atoms with Gasteiger partial charge in [-0.15, -0.1) is 0 Å². The predicted octanol–water partition coefficient (Wildman–Crippen LogP) is 4.48. The molecule has 0 aliphatic carbocycles. The summed E-state index contributed by atoms with van der Waals surface area (Å²) in [6.45, 7) is 3.06. The largest absolute Gasteiger partial charge is 0.494 e. The Morgan fingerprint density at radius 1 is 1.06 bits per heavy atom. The van der Waals surface area contributed by atoms with Gasteiger partial charge in [0.15, 0.2) is 5.65 Å². The number of aryl methyl sites for hydroxylation is 2. The Labute approximate surface area is 182 Å². The zero-order chi connectivity index (χ0) is 21.8. The molecule has 0 saturated heterocycles. The summed E-state index contributed by atoms with van der Waals surface area (Å²) in [6.07, 6.45) is 0.739. The van der Waals surface area contributed by atoms with Gasteiger partial charge in [0.25, 0.3) is 5.91 Å². The molecule has 0 spiro atoms. The Hall–Kier alpha value is -3.67. The Morgan fingerprint density at radius 3 is 2.45 bits per heavy atom. The maximum atomic E-state index is 13.4. The number of aromatic nitrogens is 3. The highest BCUT2D eigenvalue weighted by Gasteiger charge is 2.21. The van der Waals surface area contributed by atoms with E-state index in [-0.39, 0.29) is 5.91 Å². The minimum Gasteiger partial charge on any atom is -0.494 e. The molecule has 0 atom stereocenters. The van der Waals surface area contributed by atoms with Crippen LogP contribution in [0.3, 0.4) is 0 Å². The van der Waals surface area contributed by atoms with E-state index in [4.69, 9.17) is 9.72 Å². The number of ether oxygens (including phenoxy) is 1. The van der Waals surface area contributed by atoms with Crippen LogP contribution < -0.4 is 4.74 Å². The second-order valence-electron chi connectivity index (χ2n) is 7.57. The van der Waals surface area contributed by atoms with Crippen LogP contribution >= 0.6 is 0 Å².